The molecular formula is C14H24IN3OS. The summed E-state index contributed by atoms with van der Waals surface area (Å²) < 4.78 is 5.02. The third-order valence-electron chi connectivity index (χ3n) is 2.41. The highest BCUT2D eigenvalue weighted by atomic mass is 127. The minimum Gasteiger partial charge on any atom is -0.383 e. The van der Waals surface area contributed by atoms with Crippen molar-refractivity contribution in [1.29, 1.82) is 0 Å². The first-order valence-electron chi connectivity index (χ1n) is 6.45. The largest absolute Gasteiger partial charge is 0.383 e. The number of thioether (sulfide) groups is 1. The lowest BCUT2D eigenvalue weighted by atomic mass is 10.4. The highest BCUT2D eigenvalue weighted by Crippen LogP contribution is 2.17. The molecule has 20 heavy (non-hydrogen) atoms. The molecule has 0 aromatic heterocycles. The molecule has 1 aromatic rings. The van der Waals surface area contributed by atoms with Gasteiger partial charge >= 0.3 is 0 Å². The van der Waals surface area contributed by atoms with E-state index in [0.29, 0.717) is 12.6 Å². The molecule has 6 heteroatoms. The lowest BCUT2D eigenvalue weighted by Crippen LogP contribution is -2.40. The number of hydrogen-bond acceptors (Lipinski definition) is 3. The fraction of sp³-hybridized carbons (Fsp3) is 0.500. The van der Waals surface area contributed by atoms with Gasteiger partial charge in [-0.25, -0.2) is 0 Å². The maximum absolute atomic E-state index is 5.77. The number of nitrogens with zero attached hydrogens (tertiary/aromatic N) is 1. The summed E-state index contributed by atoms with van der Waals surface area (Å²) in [5.74, 6) is 1.54. The van der Waals surface area contributed by atoms with Gasteiger partial charge in [0.2, 0.25) is 0 Å². The van der Waals surface area contributed by atoms with Crippen LogP contribution >= 0.6 is 35.7 Å². The lowest BCUT2D eigenvalue weighted by molar-refractivity contribution is 0.179. The van der Waals surface area contributed by atoms with Gasteiger partial charge < -0.3 is 15.8 Å². The number of methoxy groups -OCH3 is 1. The Balaban J connectivity index is 0.00000361. The van der Waals surface area contributed by atoms with Crippen molar-refractivity contribution in [2.45, 2.75) is 24.3 Å². The molecular weight excluding hydrogens is 385 g/mol. The topological polar surface area (TPSA) is 59.6 Å². The van der Waals surface area contributed by atoms with Crippen LogP contribution in [0.4, 0.5) is 0 Å². The zero-order valence-corrected chi connectivity index (χ0v) is 15.2. The Kier molecular flexibility index (Phi) is 12.0. The lowest BCUT2D eigenvalue weighted by Gasteiger charge is -2.12. The van der Waals surface area contributed by atoms with E-state index >= 15 is 0 Å². The fourth-order valence-electron chi connectivity index (χ4n) is 1.56. The van der Waals surface area contributed by atoms with Gasteiger partial charge in [-0.05, 0) is 31.2 Å². The van der Waals surface area contributed by atoms with Crippen molar-refractivity contribution in [1.82, 2.24) is 5.32 Å². The van der Waals surface area contributed by atoms with E-state index in [9.17, 15) is 0 Å². The predicted octanol–water partition coefficient (Wildman–Crippen LogP) is 2.73. The smallest absolute Gasteiger partial charge is 0.188 e. The molecule has 0 saturated heterocycles. The van der Waals surface area contributed by atoms with Crippen LogP contribution in [0.15, 0.2) is 40.2 Å². The molecule has 1 atom stereocenters. The van der Waals surface area contributed by atoms with Crippen molar-refractivity contribution in [3.63, 3.8) is 0 Å². The first-order valence-corrected chi connectivity index (χ1v) is 7.44. The van der Waals surface area contributed by atoms with Crippen molar-refractivity contribution in [3.8, 4) is 0 Å². The average Bonchev–Trinajstić information content (AvgIpc) is 2.39. The van der Waals surface area contributed by atoms with Gasteiger partial charge in [0.05, 0.1) is 6.61 Å². The summed E-state index contributed by atoms with van der Waals surface area (Å²) in [6, 6.07) is 10.6. The number of nitrogens with one attached hydrogen (secondary N) is 1. The average molecular weight is 409 g/mol. The van der Waals surface area contributed by atoms with Gasteiger partial charge in [-0.1, -0.05) is 18.2 Å². The van der Waals surface area contributed by atoms with E-state index in [4.69, 9.17) is 10.5 Å². The highest BCUT2D eigenvalue weighted by molar-refractivity contribution is 14.0. The van der Waals surface area contributed by atoms with Crippen LogP contribution in [0.3, 0.4) is 0 Å². The molecule has 0 fully saturated rings. The third-order valence-corrected chi connectivity index (χ3v) is 3.51. The van der Waals surface area contributed by atoms with Gasteiger partial charge in [0.1, 0.15) is 0 Å². The van der Waals surface area contributed by atoms with Gasteiger partial charge in [-0.15, -0.1) is 35.7 Å². The normalized spacial score (nSPS) is 12.6. The molecule has 0 aliphatic rings. The van der Waals surface area contributed by atoms with Crippen molar-refractivity contribution < 1.29 is 4.74 Å². The van der Waals surface area contributed by atoms with E-state index in [2.05, 4.69) is 34.6 Å². The molecule has 0 spiro atoms. The van der Waals surface area contributed by atoms with Gasteiger partial charge in [0, 0.05) is 24.6 Å². The standard InChI is InChI=1S/C14H23N3OS.HI/c1-12(11-18-2)17-14(15)16-9-6-10-19-13-7-4-3-5-8-13;/h3-5,7-8,12H,6,9-11H2,1-2H3,(H3,15,16,17);1H. The first kappa shape index (κ1) is 19.5. The van der Waals surface area contributed by atoms with Crippen LogP contribution in [-0.2, 0) is 4.74 Å². The van der Waals surface area contributed by atoms with Gasteiger partial charge in [-0.3, -0.25) is 4.99 Å². The summed E-state index contributed by atoms with van der Waals surface area (Å²) in [5, 5.41) is 3.09. The molecule has 4 nitrogen and oxygen atoms in total. The van der Waals surface area contributed by atoms with E-state index < -0.39 is 0 Å². The van der Waals surface area contributed by atoms with Crippen LogP contribution < -0.4 is 11.1 Å². The highest BCUT2D eigenvalue weighted by Gasteiger charge is 2.00. The number of guanidine groups is 1. The zero-order valence-electron chi connectivity index (χ0n) is 12.0. The van der Waals surface area contributed by atoms with Crippen LogP contribution in [0.5, 0.6) is 0 Å². The fourth-order valence-corrected chi connectivity index (χ4v) is 2.42. The summed E-state index contributed by atoms with van der Waals surface area (Å²) in [5.41, 5.74) is 5.77. The number of benzene rings is 1. The summed E-state index contributed by atoms with van der Waals surface area (Å²) >= 11 is 1.84. The Hall–Kier alpha value is -0.470. The van der Waals surface area contributed by atoms with Crippen molar-refractivity contribution in [2.24, 2.45) is 10.7 Å². The van der Waals surface area contributed by atoms with Crippen LogP contribution in [0.2, 0.25) is 0 Å². The molecule has 0 radical (unpaired) electrons. The van der Waals surface area contributed by atoms with Crippen LogP contribution in [-0.4, -0.2) is 38.0 Å². The molecule has 0 bridgehead atoms. The quantitative estimate of drug-likeness (QED) is 0.228. The number of ether oxygens (including phenoxy) is 1. The number of nitrogens with two attached hydrogens (primary N) is 1. The second-order valence-corrected chi connectivity index (χ2v) is 5.45. The summed E-state index contributed by atoms with van der Waals surface area (Å²) in [6.45, 7) is 3.38. The van der Waals surface area contributed by atoms with Crippen LogP contribution in [0, 0.1) is 0 Å². The van der Waals surface area contributed by atoms with Crippen molar-refractivity contribution in [3.05, 3.63) is 30.3 Å². The first-order chi connectivity index (χ1) is 9.22. The summed E-state index contributed by atoms with van der Waals surface area (Å²) in [4.78, 5) is 5.59. The second-order valence-electron chi connectivity index (χ2n) is 4.28. The van der Waals surface area contributed by atoms with E-state index in [1.54, 1.807) is 7.11 Å². The van der Waals surface area contributed by atoms with Crippen LogP contribution in [0.25, 0.3) is 0 Å². The molecule has 114 valence electrons. The van der Waals surface area contributed by atoms with E-state index in [0.717, 1.165) is 18.7 Å². The molecule has 0 heterocycles. The summed E-state index contributed by atoms with van der Waals surface area (Å²) in [7, 11) is 1.67. The minimum absolute atomic E-state index is 0. The summed E-state index contributed by atoms with van der Waals surface area (Å²) in [6.07, 6.45) is 1.01. The molecule has 0 amide bonds. The number of rotatable bonds is 8. The molecule has 3 N–H and O–H groups in total. The Labute approximate surface area is 143 Å². The SMILES string of the molecule is COCC(C)NC(N)=NCCCSc1ccccc1.I. The van der Waals surface area contributed by atoms with Crippen molar-refractivity contribution in [2.75, 3.05) is 26.0 Å². The van der Waals surface area contributed by atoms with Crippen LogP contribution in [0.1, 0.15) is 13.3 Å². The molecule has 0 aliphatic carbocycles. The molecule has 0 aliphatic heterocycles. The van der Waals surface area contributed by atoms with Crippen molar-refractivity contribution >= 4 is 41.7 Å². The van der Waals surface area contributed by atoms with E-state index in [1.165, 1.54) is 4.90 Å². The zero-order chi connectivity index (χ0) is 13.9. The molecule has 1 rings (SSSR count). The monoisotopic (exact) mass is 409 g/mol. The minimum atomic E-state index is 0. The predicted molar refractivity (Wildman–Crippen MR) is 98.2 cm³/mol. The maximum atomic E-state index is 5.77. The number of halogens is 1. The number of aliphatic imine (C=N–C) groups is 1. The molecule has 1 unspecified atom stereocenters. The van der Waals surface area contributed by atoms with Gasteiger partial charge in [0.25, 0.3) is 0 Å². The number of hydrogen-bond donors (Lipinski definition) is 2. The molecule has 1 aromatic carbocycles. The van der Waals surface area contributed by atoms with E-state index in [-0.39, 0.29) is 30.0 Å². The molecule has 0 saturated carbocycles. The maximum Gasteiger partial charge on any atom is 0.188 e. The van der Waals surface area contributed by atoms with Gasteiger partial charge in [-0.2, -0.15) is 0 Å². The Morgan fingerprint density at radius 3 is 2.75 bits per heavy atom. The van der Waals surface area contributed by atoms with E-state index in [1.807, 2.05) is 24.8 Å². The van der Waals surface area contributed by atoms with Gasteiger partial charge in [0.15, 0.2) is 5.96 Å². The third kappa shape index (κ3) is 9.44. The Morgan fingerprint density at radius 1 is 1.40 bits per heavy atom. The Morgan fingerprint density at radius 2 is 2.10 bits per heavy atom. The second kappa shape index (κ2) is 12.3. The Bertz CT molecular complexity index is 376.